The third-order valence-corrected chi connectivity index (χ3v) is 6.50. The molecule has 1 aliphatic heterocycles. The maximum absolute atomic E-state index is 12.6. The Morgan fingerprint density at radius 1 is 0.969 bits per heavy atom. The third-order valence-electron chi connectivity index (χ3n) is 5.64. The van der Waals surface area contributed by atoms with Gasteiger partial charge in [0, 0.05) is 31.7 Å². The van der Waals surface area contributed by atoms with E-state index in [1.165, 1.54) is 16.9 Å². The lowest BCUT2D eigenvalue weighted by Gasteiger charge is -2.35. The molecule has 2 amide bonds. The van der Waals surface area contributed by atoms with E-state index in [2.05, 4.69) is 36.0 Å². The lowest BCUT2D eigenvalue weighted by molar-refractivity contribution is 0.0751. The van der Waals surface area contributed by atoms with Crippen LogP contribution in [0.3, 0.4) is 0 Å². The van der Waals surface area contributed by atoms with Crippen molar-refractivity contribution in [1.82, 2.24) is 9.88 Å². The number of nitrogens with one attached hydrogen (secondary N) is 1. The SMILES string of the molecule is CC(C)(C)c1ccc(C(=O)Nc2ccc(N3CCN(C(=O)c4cccs4)CC3)nc2)cc1. The fraction of sp³-hybridized carbons (Fsp3) is 0.320. The van der Waals surface area contributed by atoms with Crippen LogP contribution in [0.4, 0.5) is 11.5 Å². The van der Waals surface area contributed by atoms with Crippen LogP contribution >= 0.6 is 11.3 Å². The zero-order valence-corrected chi connectivity index (χ0v) is 19.5. The second-order valence-corrected chi connectivity index (χ2v) is 9.89. The Balaban J connectivity index is 1.32. The van der Waals surface area contributed by atoms with Crippen LogP contribution in [0, 0.1) is 0 Å². The van der Waals surface area contributed by atoms with Gasteiger partial charge >= 0.3 is 0 Å². The fourth-order valence-corrected chi connectivity index (χ4v) is 4.36. The first kappa shape index (κ1) is 22.0. The third kappa shape index (κ3) is 4.99. The lowest BCUT2D eigenvalue weighted by atomic mass is 9.87. The summed E-state index contributed by atoms with van der Waals surface area (Å²) >= 11 is 1.48. The van der Waals surface area contributed by atoms with Gasteiger partial charge in [0.05, 0.1) is 16.8 Å². The Labute approximate surface area is 192 Å². The van der Waals surface area contributed by atoms with E-state index in [4.69, 9.17) is 0 Å². The highest BCUT2D eigenvalue weighted by molar-refractivity contribution is 7.12. The molecule has 6 nitrogen and oxygen atoms in total. The topological polar surface area (TPSA) is 65.5 Å². The van der Waals surface area contributed by atoms with Gasteiger partial charge in [-0.3, -0.25) is 9.59 Å². The molecule has 1 aromatic carbocycles. The molecule has 0 radical (unpaired) electrons. The van der Waals surface area contributed by atoms with Crippen molar-refractivity contribution in [1.29, 1.82) is 0 Å². The largest absolute Gasteiger partial charge is 0.353 e. The molecule has 3 aromatic rings. The number of hydrogen-bond donors (Lipinski definition) is 1. The van der Waals surface area contributed by atoms with E-state index in [1.54, 1.807) is 6.20 Å². The highest BCUT2D eigenvalue weighted by atomic mass is 32.1. The molecule has 3 heterocycles. The second-order valence-electron chi connectivity index (χ2n) is 8.94. The van der Waals surface area contributed by atoms with Crippen LogP contribution in [0.25, 0.3) is 0 Å². The average Bonchev–Trinajstić information content (AvgIpc) is 3.34. The van der Waals surface area contributed by atoms with Crippen LogP contribution in [0.15, 0.2) is 60.1 Å². The number of carbonyl (C=O) groups excluding carboxylic acids is 2. The molecular weight excluding hydrogens is 420 g/mol. The van der Waals surface area contributed by atoms with E-state index in [0.29, 0.717) is 24.3 Å². The Bertz CT molecular complexity index is 1060. The van der Waals surface area contributed by atoms with Gasteiger partial charge < -0.3 is 15.1 Å². The Kier molecular flexibility index (Phi) is 6.28. The molecule has 0 atom stereocenters. The van der Waals surface area contributed by atoms with Gasteiger partial charge in [-0.2, -0.15) is 0 Å². The van der Waals surface area contributed by atoms with Gasteiger partial charge in [0.15, 0.2) is 0 Å². The zero-order valence-electron chi connectivity index (χ0n) is 18.7. The molecule has 0 spiro atoms. The minimum absolute atomic E-state index is 0.0531. The summed E-state index contributed by atoms with van der Waals surface area (Å²) in [4.78, 5) is 34.4. The van der Waals surface area contributed by atoms with Crippen LogP contribution in [0.5, 0.6) is 0 Å². The van der Waals surface area contributed by atoms with Crippen molar-refractivity contribution in [3.8, 4) is 0 Å². The Hall–Kier alpha value is -3.19. The molecule has 0 unspecified atom stereocenters. The van der Waals surface area contributed by atoms with Crippen LogP contribution in [0.2, 0.25) is 0 Å². The molecule has 0 saturated carbocycles. The summed E-state index contributed by atoms with van der Waals surface area (Å²) in [7, 11) is 0. The first-order valence-corrected chi connectivity index (χ1v) is 11.6. The van der Waals surface area contributed by atoms with Gasteiger partial charge in [-0.25, -0.2) is 4.98 Å². The van der Waals surface area contributed by atoms with Gasteiger partial charge in [-0.15, -0.1) is 11.3 Å². The quantitative estimate of drug-likeness (QED) is 0.631. The highest BCUT2D eigenvalue weighted by Crippen LogP contribution is 2.23. The molecule has 7 heteroatoms. The first-order chi connectivity index (χ1) is 15.3. The number of benzene rings is 1. The number of aromatic nitrogens is 1. The van der Waals surface area contributed by atoms with E-state index in [1.807, 2.05) is 58.8 Å². The van der Waals surface area contributed by atoms with Gasteiger partial charge in [0.25, 0.3) is 11.8 Å². The number of hydrogen-bond acceptors (Lipinski definition) is 5. The van der Waals surface area contributed by atoms with Crippen molar-refractivity contribution in [3.05, 3.63) is 76.1 Å². The highest BCUT2D eigenvalue weighted by Gasteiger charge is 2.23. The van der Waals surface area contributed by atoms with Gasteiger partial charge in [-0.1, -0.05) is 39.0 Å². The molecule has 1 aliphatic rings. The number of nitrogens with zero attached hydrogens (tertiary/aromatic N) is 3. The standard InChI is InChI=1S/C25H28N4O2S/c1-25(2,3)19-8-6-18(7-9-19)23(30)27-20-10-11-22(26-17-20)28-12-14-29(15-13-28)24(31)21-5-4-16-32-21/h4-11,16-17H,12-15H2,1-3H3,(H,27,30). The lowest BCUT2D eigenvalue weighted by Crippen LogP contribution is -2.48. The summed E-state index contributed by atoms with van der Waals surface area (Å²) in [5.41, 5.74) is 2.52. The predicted molar refractivity (Wildman–Crippen MR) is 130 cm³/mol. The van der Waals surface area contributed by atoms with Gasteiger partial charge in [0.2, 0.25) is 0 Å². The first-order valence-electron chi connectivity index (χ1n) is 10.8. The van der Waals surface area contributed by atoms with Crippen molar-refractivity contribution >= 4 is 34.7 Å². The van der Waals surface area contributed by atoms with Crippen LogP contribution < -0.4 is 10.2 Å². The summed E-state index contributed by atoms with van der Waals surface area (Å²) in [5.74, 6) is 0.794. The van der Waals surface area contributed by atoms with E-state index in [-0.39, 0.29) is 17.2 Å². The average molecular weight is 449 g/mol. The summed E-state index contributed by atoms with van der Waals surface area (Å²) in [6.45, 7) is 9.25. The van der Waals surface area contributed by atoms with Crippen molar-refractivity contribution < 1.29 is 9.59 Å². The summed E-state index contributed by atoms with van der Waals surface area (Å²) in [6.07, 6.45) is 1.68. The van der Waals surface area contributed by atoms with Gasteiger partial charge in [0.1, 0.15) is 5.82 Å². The number of pyridine rings is 1. The van der Waals surface area contributed by atoms with Crippen molar-refractivity contribution in [3.63, 3.8) is 0 Å². The van der Waals surface area contributed by atoms with E-state index < -0.39 is 0 Å². The number of piperazine rings is 1. The van der Waals surface area contributed by atoms with E-state index in [0.717, 1.165) is 23.8 Å². The Morgan fingerprint density at radius 3 is 2.25 bits per heavy atom. The number of amides is 2. The second kappa shape index (κ2) is 9.12. The van der Waals surface area contributed by atoms with Gasteiger partial charge in [-0.05, 0) is 46.7 Å². The van der Waals surface area contributed by atoms with Crippen molar-refractivity contribution in [2.75, 3.05) is 36.4 Å². The van der Waals surface area contributed by atoms with Crippen LogP contribution in [0.1, 0.15) is 46.4 Å². The molecule has 0 bridgehead atoms. The number of thiophene rings is 1. The molecule has 0 aliphatic carbocycles. The summed E-state index contributed by atoms with van der Waals surface area (Å²) < 4.78 is 0. The minimum Gasteiger partial charge on any atom is -0.353 e. The molecule has 1 saturated heterocycles. The molecule has 166 valence electrons. The monoisotopic (exact) mass is 448 g/mol. The normalized spacial score (nSPS) is 14.3. The molecular formula is C25H28N4O2S. The molecule has 1 N–H and O–H groups in total. The Morgan fingerprint density at radius 2 is 1.69 bits per heavy atom. The smallest absolute Gasteiger partial charge is 0.264 e. The predicted octanol–water partition coefficient (Wildman–Crippen LogP) is 4.66. The molecule has 4 rings (SSSR count). The number of carbonyl (C=O) groups is 2. The summed E-state index contributed by atoms with van der Waals surface area (Å²) in [6, 6.07) is 15.3. The van der Waals surface area contributed by atoms with Crippen LogP contribution in [-0.2, 0) is 5.41 Å². The van der Waals surface area contributed by atoms with Crippen LogP contribution in [-0.4, -0.2) is 47.9 Å². The number of anilines is 2. The minimum atomic E-state index is -0.152. The van der Waals surface area contributed by atoms with Crippen molar-refractivity contribution in [2.24, 2.45) is 0 Å². The maximum Gasteiger partial charge on any atom is 0.264 e. The van der Waals surface area contributed by atoms with E-state index in [9.17, 15) is 9.59 Å². The molecule has 2 aromatic heterocycles. The fourth-order valence-electron chi connectivity index (χ4n) is 3.67. The maximum atomic E-state index is 12.6. The molecule has 32 heavy (non-hydrogen) atoms. The molecule has 1 fully saturated rings. The van der Waals surface area contributed by atoms with Crippen molar-refractivity contribution in [2.45, 2.75) is 26.2 Å². The zero-order chi connectivity index (χ0) is 22.7. The summed E-state index contributed by atoms with van der Waals surface area (Å²) in [5, 5.41) is 4.84. The van der Waals surface area contributed by atoms with E-state index >= 15 is 0 Å². The number of rotatable bonds is 4.